The second kappa shape index (κ2) is 6.51. The number of rotatable bonds is 5. The maximum absolute atomic E-state index is 11.6. The summed E-state index contributed by atoms with van der Waals surface area (Å²) in [5, 5.41) is 0. The number of pyridine rings is 1. The van der Waals surface area contributed by atoms with Crippen molar-refractivity contribution in [1.29, 1.82) is 0 Å². The summed E-state index contributed by atoms with van der Waals surface area (Å²) in [5.41, 5.74) is 7.33. The maximum atomic E-state index is 11.6. The molecule has 0 saturated carbocycles. The van der Waals surface area contributed by atoms with Gasteiger partial charge < -0.3 is 0 Å². The van der Waals surface area contributed by atoms with Gasteiger partial charge in [-0.25, -0.2) is 5.43 Å². The molecule has 0 atom stereocenters. The third-order valence-corrected chi connectivity index (χ3v) is 2.51. The van der Waals surface area contributed by atoms with Crippen LogP contribution in [0.15, 0.2) is 54.9 Å². The van der Waals surface area contributed by atoms with Gasteiger partial charge in [-0.15, -0.1) is 0 Å². The highest BCUT2D eigenvalue weighted by Crippen LogP contribution is 1.98. The Bertz CT molecular complexity index is 485. The average Bonchev–Trinajstić information content (AvgIpc) is 2.45. The van der Waals surface area contributed by atoms with Gasteiger partial charge in [0.2, 0.25) is 0 Å². The van der Waals surface area contributed by atoms with E-state index in [1.807, 2.05) is 18.2 Å². The molecule has 1 amide bonds. The van der Waals surface area contributed by atoms with Crippen molar-refractivity contribution in [3.05, 3.63) is 66.0 Å². The first-order valence-electron chi connectivity index (χ1n) is 5.83. The zero-order chi connectivity index (χ0) is 12.6. The van der Waals surface area contributed by atoms with E-state index in [0.29, 0.717) is 12.1 Å². The predicted octanol–water partition coefficient (Wildman–Crippen LogP) is 1.56. The molecule has 2 aromatic rings. The van der Waals surface area contributed by atoms with Crippen molar-refractivity contribution in [3.8, 4) is 0 Å². The van der Waals surface area contributed by atoms with Gasteiger partial charge in [-0.1, -0.05) is 30.3 Å². The van der Waals surface area contributed by atoms with Crippen LogP contribution in [0, 0.1) is 0 Å². The van der Waals surface area contributed by atoms with E-state index in [0.717, 1.165) is 6.42 Å². The molecule has 1 heterocycles. The quantitative estimate of drug-likeness (QED) is 0.617. The first-order valence-corrected chi connectivity index (χ1v) is 5.83. The van der Waals surface area contributed by atoms with E-state index in [-0.39, 0.29) is 5.91 Å². The second-order valence-electron chi connectivity index (χ2n) is 3.86. The average molecular weight is 241 g/mol. The number of carbonyl (C=O) groups excluding carboxylic acids is 1. The highest BCUT2D eigenvalue weighted by atomic mass is 16.2. The van der Waals surface area contributed by atoms with Crippen molar-refractivity contribution >= 4 is 5.91 Å². The molecule has 0 unspecified atom stereocenters. The van der Waals surface area contributed by atoms with E-state index >= 15 is 0 Å². The monoisotopic (exact) mass is 241 g/mol. The van der Waals surface area contributed by atoms with E-state index < -0.39 is 0 Å². The molecule has 18 heavy (non-hydrogen) atoms. The lowest BCUT2D eigenvalue weighted by Crippen LogP contribution is -2.38. The number of carbonyl (C=O) groups is 1. The molecule has 1 aromatic carbocycles. The van der Waals surface area contributed by atoms with Crippen LogP contribution in [0.25, 0.3) is 0 Å². The van der Waals surface area contributed by atoms with Crippen molar-refractivity contribution in [2.24, 2.45) is 0 Å². The van der Waals surface area contributed by atoms with Crippen molar-refractivity contribution in [2.45, 2.75) is 6.42 Å². The molecule has 4 nitrogen and oxygen atoms in total. The molecule has 1 aromatic heterocycles. The van der Waals surface area contributed by atoms with Crippen LogP contribution in [0.5, 0.6) is 0 Å². The number of aromatic nitrogens is 1. The Balaban J connectivity index is 1.72. The van der Waals surface area contributed by atoms with Crippen LogP contribution in [0.2, 0.25) is 0 Å². The molecule has 0 spiro atoms. The van der Waals surface area contributed by atoms with Crippen LogP contribution in [0.4, 0.5) is 0 Å². The molecular weight excluding hydrogens is 226 g/mol. The Morgan fingerprint density at radius 2 is 1.94 bits per heavy atom. The zero-order valence-corrected chi connectivity index (χ0v) is 9.97. The molecule has 0 radical (unpaired) electrons. The van der Waals surface area contributed by atoms with Gasteiger partial charge >= 0.3 is 0 Å². The third-order valence-electron chi connectivity index (χ3n) is 2.51. The van der Waals surface area contributed by atoms with Crippen LogP contribution in [0.3, 0.4) is 0 Å². The molecule has 2 N–H and O–H groups in total. The van der Waals surface area contributed by atoms with Crippen LogP contribution in [-0.2, 0) is 6.42 Å². The molecular formula is C14H15N3O. The van der Waals surface area contributed by atoms with E-state index in [2.05, 4.69) is 28.0 Å². The summed E-state index contributed by atoms with van der Waals surface area (Å²) in [6.07, 6.45) is 4.04. The minimum atomic E-state index is -0.170. The number of hydrazine groups is 1. The Morgan fingerprint density at radius 1 is 1.11 bits per heavy atom. The van der Waals surface area contributed by atoms with E-state index in [9.17, 15) is 4.79 Å². The number of nitrogens with zero attached hydrogens (tertiary/aromatic N) is 1. The van der Waals surface area contributed by atoms with Gasteiger partial charge in [-0.3, -0.25) is 15.2 Å². The van der Waals surface area contributed by atoms with Crippen molar-refractivity contribution in [2.75, 3.05) is 6.54 Å². The summed E-state index contributed by atoms with van der Waals surface area (Å²) in [6.45, 7) is 0.690. The Kier molecular flexibility index (Phi) is 4.44. The lowest BCUT2D eigenvalue weighted by atomic mass is 10.2. The number of nitrogens with one attached hydrogen (secondary N) is 2. The minimum Gasteiger partial charge on any atom is -0.287 e. The summed E-state index contributed by atoms with van der Waals surface area (Å²) in [6, 6.07) is 13.6. The van der Waals surface area contributed by atoms with Gasteiger partial charge in [0.15, 0.2) is 0 Å². The second-order valence-corrected chi connectivity index (χ2v) is 3.86. The summed E-state index contributed by atoms with van der Waals surface area (Å²) >= 11 is 0. The lowest BCUT2D eigenvalue weighted by molar-refractivity contribution is 0.0933. The van der Waals surface area contributed by atoms with Gasteiger partial charge in [0.1, 0.15) is 0 Å². The van der Waals surface area contributed by atoms with Crippen molar-refractivity contribution in [1.82, 2.24) is 15.8 Å². The summed E-state index contributed by atoms with van der Waals surface area (Å²) in [7, 11) is 0. The molecule has 0 fully saturated rings. The standard InChI is InChI=1S/C14H15N3O/c18-14(13-7-4-9-15-11-13)17-16-10-8-12-5-2-1-3-6-12/h1-7,9,11,16H,8,10H2,(H,17,18). The molecule has 4 heteroatoms. The molecule has 0 aliphatic carbocycles. The Morgan fingerprint density at radius 3 is 2.67 bits per heavy atom. The molecule has 2 rings (SSSR count). The van der Waals surface area contributed by atoms with Crippen LogP contribution in [0.1, 0.15) is 15.9 Å². The normalized spacial score (nSPS) is 10.0. The van der Waals surface area contributed by atoms with Crippen molar-refractivity contribution < 1.29 is 4.79 Å². The first-order chi connectivity index (χ1) is 8.86. The third kappa shape index (κ3) is 3.68. The van der Waals surface area contributed by atoms with Crippen LogP contribution >= 0.6 is 0 Å². The van der Waals surface area contributed by atoms with Gasteiger partial charge in [0.25, 0.3) is 5.91 Å². The zero-order valence-electron chi connectivity index (χ0n) is 9.97. The molecule has 0 aliphatic heterocycles. The van der Waals surface area contributed by atoms with E-state index in [1.165, 1.54) is 11.8 Å². The first kappa shape index (κ1) is 12.3. The minimum absolute atomic E-state index is 0.170. The highest BCUT2D eigenvalue weighted by Gasteiger charge is 2.02. The lowest BCUT2D eigenvalue weighted by Gasteiger charge is -2.06. The van der Waals surface area contributed by atoms with Gasteiger partial charge in [-0.2, -0.15) is 0 Å². The summed E-state index contributed by atoms with van der Waals surface area (Å²) in [5.74, 6) is -0.170. The van der Waals surface area contributed by atoms with Crippen LogP contribution in [-0.4, -0.2) is 17.4 Å². The van der Waals surface area contributed by atoms with E-state index in [4.69, 9.17) is 0 Å². The fourth-order valence-electron chi connectivity index (χ4n) is 1.56. The van der Waals surface area contributed by atoms with Gasteiger partial charge in [-0.05, 0) is 24.1 Å². The maximum Gasteiger partial charge on any atom is 0.266 e. The van der Waals surface area contributed by atoms with Gasteiger partial charge in [0.05, 0.1) is 5.56 Å². The number of hydrogen-bond donors (Lipinski definition) is 2. The Labute approximate surface area is 106 Å². The number of hydrogen-bond acceptors (Lipinski definition) is 3. The van der Waals surface area contributed by atoms with E-state index in [1.54, 1.807) is 18.3 Å². The van der Waals surface area contributed by atoms with Crippen molar-refractivity contribution in [3.63, 3.8) is 0 Å². The SMILES string of the molecule is O=C(NNCCc1ccccc1)c1cccnc1. The fraction of sp³-hybridized carbons (Fsp3) is 0.143. The van der Waals surface area contributed by atoms with Gasteiger partial charge in [0, 0.05) is 18.9 Å². The fourth-order valence-corrected chi connectivity index (χ4v) is 1.56. The topological polar surface area (TPSA) is 54.0 Å². The largest absolute Gasteiger partial charge is 0.287 e. The highest BCUT2D eigenvalue weighted by molar-refractivity contribution is 5.93. The Hall–Kier alpha value is -2.20. The molecule has 0 saturated heterocycles. The smallest absolute Gasteiger partial charge is 0.266 e. The number of amides is 1. The predicted molar refractivity (Wildman–Crippen MR) is 69.9 cm³/mol. The van der Waals surface area contributed by atoms with Crippen LogP contribution < -0.4 is 10.9 Å². The molecule has 0 bridgehead atoms. The summed E-state index contributed by atoms with van der Waals surface area (Å²) < 4.78 is 0. The number of benzene rings is 1. The molecule has 92 valence electrons. The summed E-state index contributed by atoms with van der Waals surface area (Å²) in [4.78, 5) is 15.5. The molecule has 0 aliphatic rings.